The van der Waals surface area contributed by atoms with E-state index in [0.717, 1.165) is 47.8 Å². The first-order chi connectivity index (χ1) is 16.3. The van der Waals surface area contributed by atoms with Gasteiger partial charge in [0.05, 0.1) is 22.2 Å². The van der Waals surface area contributed by atoms with Crippen molar-refractivity contribution in [2.75, 3.05) is 31.1 Å². The van der Waals surface area contributed by atoms with Crippen molar-refractivity contribution >= 4 is 33.0 Å². The van der Waals surface area contributed by atoms with Crippen molar-refractivity contribution in [1.82, 2.24) is 9.88 Å². The molecule has 2 aliphatic heterocycles. The molecule has 0 amide bonds. The number of nitrogens with zero attached hydrogens (tertiary/aromatic N) is 3. The van der Waals surface area contributed by atoms with Gasteiger partial charge in [0.1, 0.15) is 5.01 Å². The number of aryl methyl sites for hydroxylation is 1. The van der Waals surface area contributed by atoms with E-state index in [4.69, 9.17) is 0 Å². The Morgan fingerprint density at radius 2 is 1.79 bits per heavy atom. The fraction of sp³-hybridized carbons (Fsp3) is 0.462. The third-order valence-electron chi connectivity index (χ3n) is 6.95. The SMILES string of the molecule is Cc1ccc2nc(CC(=O)c3cc(N4CCC(N5CCCC5)CC4)cc(C(F)(F)F)c3)sc2c1. The molecule has 0 aliphatic carbocycles. The van der Waals surface area contributed by atoms with Crippen molar-refractivity contribution in [2.24, 2.45) is 0 Å². The third kappa shape index (κ3) is 4.98. The molecule has 0 N–H and O–H groups in total. The van der Waals surface area contributed by atoms with Crippen LogP contribution in [0.3, 0.4) is 0 Å². The highest BCUT2D eigenvalue weighted by molar-refractivity contribution is 7.18. The van der Waals surface area contributed by atoms with Gasteiger partial charge in [-0.25, -0.2) is 4.98 Å². The molecular weight excluding hydrogens is 459 g/mol. The number of carbonyl (C=O) groups excluding carboxylic acids is 1. The minimum atomic E-state index is -4.51. The van der Waals surface area contributed by atoms with Crippen LogP contribution < -0.4 is 4.90 Å². The summed E-state index contributed by atoms with van der Waals surface area (Å²) in [6, 6.07) is 10.2. The number of ketones is 1. The van der Waals surface area contributed by atoms with Crippen molar-refractivity contribution in [3.05, 3.63) is 58.1 Å². The van der Waals surface area contributed by atoms with Crippen molar-refractivity contribution < 1.29 is 18.0 Å². The molecule has 180 valence electrons. The Hall–Kier alpha value is -2.45. The highest BCUT2D eigenvalue weighted by Gasteiger charge is 2.33. The topological polar surface area (TPSA) is 36.4 Å². The summed E-state index contributed by atoms with van der Waals surface area (Å²) in [5.41, 5.74) is 1.73. The highest BCUT2D eigenvalue weighted by atomic mass is 32.1. The van der Waals surface area contributed by atoms with E-state index >= 15 is 0 Å². The Labute approximate surface area is 201 Å². The van der Waals surface area contributed by atoms with E-state index in [1.807, 2.05) is 30.0 Å². The number of hydrogen-bond donors (Lipinski definition) is 0. The molecule has 0 bridgehead atoms. The molecule has 2 fully saturated rings. The molecule has 0 radical (unpaired) electrons. The average Bonchev–Trinajstić information content (AvgIpc) is 3.48. The molecule has 2 aromatic carbocycles. The number of aromatic nitrogens is 1. The van der Waals surface area contributed by atoms with Crippen LogP contribution in [0.5, 0.6) is 0 Å². The normalized spacial score (nSPS) is 18.2. The number of thiazole rings is 1. The molecule has 4 nitrogen and oxygen atoms in total. The Bertz CT molecular complexity index is 1190. The number of likely N-dealkylation sites (tertiary alicyclic amines) is 1. The van der Waals surface area contributed by atoms with Crippen LogP contribution in [0.15, 0.2) is 36.4 Å². The van der Waals surface area contributed by atoms with Gasteiger partial charge in [-0.3, -0.25) is 4.79 Å². The number of rotatable bonds is 5. The summed E-state index contributed by atoms with van der Waals surface area (Å²) in [5, 5.41) is 0.621. The maximum atomic E-state index is 13.7. The predicted molar refractivity (Wildman–Crippen MR) is 130 cm³/mol. The zero-order chi connectivity index (χ0) is 23.9. The van der Waals surface area contributed by atoms with Crippen LogP contribution in [0.1, 0.15) is 52.2 Å². The summed E-state index contributed by atoms with van der Waals surface area (Å²) in [6.45, 7) is 5.64. The number of anilines is 1. The summed E-state index contributed by atoms with van der Waals surface area (Å²) in [4.78, 5) is 22.1. The van der Waals surface area contributed by atoms with Crippen LogP contribution in [0.4, 0.5) is 18.9 Å². The largest absolute Gasteiger partial charge is 0.416 e. The fourth-order valence-electron chi connectivity index (χ4n) is 5.11. The summed E-state index contributed by atoms with van der Waals surface area (Å²) in [7, 11) is 0. The molecule has 3 heterocycles. The molecule has 2 saturated heterocycles. The Morgan fingerprint density at radius 3 is 2.50 bits per heavy atom. The second-order valence-corrected chi connectivity index (χ2v) is 10.5. The first-order valence-electron chi connectivity index (χ1n) is 11.9. The second kappa shape index (κ2) is 9.30. The van der Waals surface area contributed by atoms with E-state index in [0.29, 0.717) is 29.8 Å². The van der Waals surface area contributed by atoms with E-state index in [1.165, 1.54) is 30.2 Å². The summed E-state index contributed by atoms with van der Waals surface area (Å²) in [6.07, 6.45) is -0.182. The monoisotopic (exact) mass is 487 g/mol. The number of piperidine rings is 1. The highest BCUT2D eigenvalue weighted by Crippen LogP contribution is 2.35. The number of hydrogen-bond acceptors (Lipinski definition) is 5. The van der Waals surface area contributed by atoms with Crippen molar-refractivity contribution in [3.63, 3.8) is 0 Å². The number of alkyl halides is 3. The molecule has 0 unspecified atom stereocenters. The van der Waals surface area contributed by atoms with Gasteiger partial charge in [0.2, 0.25) is 0 Å². The lowest BCUT2D eigenvalue weighted by Gasteiger charge is -2.38. The standard InChI is InChI=1S/C26H28F3N3OS/c1-17-4-5-22-24(12-17)34-25(30-22)16-23(33)18-13-19(26(27,28)29)15-21(14-18)32-10-6-20(7-11-32)31-8-2-3-9-31/h4-5,12-15,20H,2-3,6-11,16H2,1H3. The van der Waals surface area contributed by atoms with Gasteiger partial charge < -0.3 is 9.80 Å². The predicted octanol–water partition coefficient (Wildman–Crippen LogP) is 6.11. The maximum absolute atomic E-state index is 13.7. The first-order valence-corrected chi connectivity index (χ1v) is 12.7. The van der Waals surface area contributed by atoms with Crippen LogP contribution in [0.2, 0.25) is 0 Å². The maximum Gasteiger partial charge on any atom is 0.416 e. The van der Waals surface area contributed by atoms with Gasteiger partial charge in [0.25, 0.3) is 0 Å². The zero-order valence-electron chi connectivity index (χ0n) is 19.2. The fourth-order valence-corrected chi connectivity index (χ4v) is 6.17. The number of benzene rings is 2. The lowest BCUT2D eigenvalue weighted by Crippen LogP contribution is -2.44. The van der Waals surface area contributed by atoms with E-state index in [-0.39, 0.29) is 17.8 Å². The lowest BCUT2D eigenvalue weighted by atomic mass is 9.99. The Balaban J connectivity index is 1.37. The summed E-state index contributed by atoms with van der Waals surface area (Å²) < 4.78 is 42.1. The smallest absolute Gasteiger partial charge is 0.371 e. The molecule has 0 atom stereocenters. The third-order valence-corrected chi connectivity index (χ3v) is 7.97. The van der Waals surface area contributed by atoms with E-state index < -0.39 is 11.7 Å². The summed E-state index contributed by atoms with van der Waals surface area (Å²) >= 11 is 1.42. The van der Waals surface area contributed by atoms with Crippen molar-refractivity contribution in [2.45, 2.75) is 51.2 Å². The molecule has 2 aliphatic rings. The van der Waals surface area contributed by atoms with Crippen molar-refractivity contribution in [1.29, 1.82) is 0 Å². The van der Waals surface area contributed by atoms with Crippen molar-refractivity contribution in [3.8, 4) is 0 Å². The van der Waals surface area contributed by atoms with Crippen LogP contribution in [0.25, 0.3) is 10.2 Å². The van der Waals surface area contributed by atoms with Crippen LogP contribution >= 0.6 is 11.3 Å². The Kier molecular flexibility index (Phi) is 6.37. The summed E-state index contributed by atoms with van der Waals surface area (Å²) in [5.74, 6) is -0.338. The number of halogens is 3. The van der Waals surface area contributed by atoms with Gasteiger partial charge >= 0.3 is 6.18 Å². The number of Topliss-reactive ketones (excluding diaryl/α,β-unsaturated/α-hetero) is 1. The lowest BCUT2D eigenvalue weighted by molar-refractivity contribution is -0.137. The number of fused-ring (bicyclic) bond motifs is 1. The molecular formula is C26H28F3N3OS. The minimum absolute atomic E-state index is 0.00379. The van der Waals surface area contributed by atoms with E-state index in [9.17, 15) is 18.0 Å². The molecule has 3 aromatic rings. The van der Waals surface area contributed by atoms with Crippen LogP contribution in [-0.2, 0) is 12.6 Å². The van der Waals surface area contributed by atoms with Gasteiger partial charge in [-0.1, -0.05) is 6.07 Å². The molecule has 1 aromatic heterocycles. The minimum Gasteiger partial charge on any atom is -0.371 e. The van der Waals surface area contributed by atoms with Gasteiger partial charge in [0.15, 0.2) is 5.78 Å². The van der Waals surface area contributed by atoms with Gasteiger partial charge in [0, 0.05) is 30.4 Å². The molecule has 0 spiro atoms. The molecule has 8 heteroatoms. The number of carbonyl (C=O) groups is 1. The van der Waals surface area contributed by atoms with Gasteiger partial charge in [-0.2, -0.15) is 13.2 Å². The Morgan fingerprint density at radius 1 is 1.06 bits per heavy atom. The zero-order valence-corrected chi connectivity index (χ0v) is 20.0. The first kappa shape index (κ1) is 23.3. The average molecular weight is 488 g/mol. The van der Waals surface area contributed by atoms with Gasteiger partial charge in [-0.05, 0) is 81.6 Å². The van der Waals surface area contributed by atoms with E-state index in [2.05, 4.69) is 9.88 Å². The molecule has 0 saturated carbocycles. The van der Waals surface area contributed by atoms with Crippen LogP contribution in [-0.4, -0.2) is 47.9 Å². The molecule has 5 rings (SSSR count). The van der Waals surface area contributed by atoms with Gasteiger partial charge in [-0.15, -0.1) is 11.3 Å². The van der Waals surface area contributed by atoms with E-state index in [1.54, 1.807) is 6.07 Å². The molecule has 34 heavy (non-hydrogen) atoms. The quantitative estimate of drug-likeness (QED) is 0.407. The van der Waals surface area contributed by atoms with Crippen LogP contribution in [0, 0.1) is 6.92 Å². The second-order valence-electron chi connectivity index (χ2n) is 9.41.